The molecular formula is C20H27N3O. The molecular weight excluding hydrogens is 298 g/mol. The van der Waals surface area contributed by atoms with Crippen molar-refractivity contribution >= 4 is 5.91 Å². The van der Waals surface area contributed by atoms with Gasteiger partial charge in [-0.2, -0.15) is 0 Å². The Balaban J connectivity index is 2.00. The molecule has 0 aliphatic rings. The molecule has 0 heterocycles. The summed E-state index contributed by atoms with van der Waals surface area (Å²) in [6.07, 6.45) is 2.45. The van der Waals surface area contributed by atoms with Crippen molar-refractivity contribution in [2.24, 2.45) is 11.5 Å². The van der Waals surface area contributed by atoms with Gasteiger partial charge < -0.3 is 16.8 Å². The van der Waals surface area contributed by atoms with Gasteiger partial charge in [0, 0.05) is 12.5 Å². The molecule has 0 saturated carbocycles. The summed E-state index contributed by atoms with van der Waals surface area (Å²) >= 11 is 0. The van der Waals surface area contributed by atoms with Gasteiger partial charge in [-0.25, -0.2) is 0 Å². The lowest BCUT2D eigenvalue weighted by Crippen LogP contribution is -2.42. The van der Waals surface area contributed by atoms with Gasteiger partial charge in [-0.05, 0) is 30.5 Å². The predicted molar refractivity (Wildman–Crippen MR) is 98.6 cm³/mol. The molecule has 1 amide bonds. The first-order valence-electron chi connectivity index (χ1n) is 8.55. The molecule has 1 atom stereocenters. The highest BCUT2D eigenvalue weighted by Gasteiger charge is 2.18. The van der Waals surface area contributed by atoms with Crippen LogP contribution in [0.3, 0.4) is 0 Å². The number of carbonyl (C=O) groups is 1. The van der Waals surface area contributed by atoms with E-state index >= 15 is 0 Å². The van der Waals surface area contributed by atoms with E-state index in [1.807, 2.05) is 36.4 Å². The van der Waals surface area contributed by atoms with Crippen LogP contribution in [-0.2, 0) is 4.79 Å². The maximum atomic E-state index is 12.2. The molecule has 4 nitrogen and oxygen atoms in total. The number of carbonyl (C=O) groups excluding carboxylic acids is 1. The van der Waals surface area contributed by atoms with E-state index in [9.17, 15) is 4.79 Å². The maximum Gasteiger partial charge on any atom is 0.236 e. The van der Waals surface area contributed by atoms with Crippen molar-refractivity contribution in [3.63, 3.8) is 0 Å². The van der Waals surface area contributed by atoms with Crippen LogP contribution in [0.4, 0.5) is 0 Å². The number of benzene rings is 2. The van der Waals surface area contributed by atoms with Gasteiger partial charge in [0.05, 0.1) is 6.04 Å². The van der Waals surface area contributed by atoms with Crippen molar-refractivity contribution in [2.75, 3.05) is 13.1 Å². The Labute approximate surface area is 144 Å². The first-order chi connectivity index (χ1) is 11.7. The molecule has 0 radical (unpaired) electrons. The van der Waals surface area contributed by atoms with E-state index in [1.165, 1.54) is 11.1 Å². The van der Waals surface area contributed by atoms with Gasteiger partial charge in [-0.15, -0.1) is 0 Å². The van der Waals surface area contributed by atoms with E-state index < -0.39 is 6.04 Å². The molecule has 5 N–H and O–H groups in total. The zero-order chi connectivity index (χ0) is 17.2. The topological polar surface area (TPSA) is 81.1 Å². The Kier molecular flexibility index (Phi) is 7.46. The summed E-state index contributed by atoms with van der Waals surface area (Å²) in [7, 11) is 0. The minimum absolute atomic E-state index is 0.0936. The number of hydrogen-bond donors (Lipinski definition) is 3. The summed E-state index contributed by atoms with van der Waals surface area (Å²) in [5.74, 6) is 0.0245. The van der Waals surface area contributed by atoms with Crippen LogP contribution in [-0.4, -0.2) is 25.0 Å². The van der Waals surface area contributed by atoms with Crippen LogP contribution in [0.5, 0.6) is 0 Å². The van der Waals surface area contributed by atoms with E-state index in [1.54, 1.807) is 0 Å². The highest BCUT2D eigenvalue weighted by Crippen LogP contribution is 2.23. The van der Waals surface area contributed by atoms with Gasteiger partial charge in [-0.1, -0.05) is 67.1 Å². The standard InChI is InChI=1S/C20H27N3O/c21-14-8-7-13-19(22)20(24)23-15-18(16-9-3-1-4-10-16)17-11-5-2-6-12-17/h1-6,9-12,18-19H,7-8,13-15,21-22H2,(H,23,24). The Morgan fingerprint density at radius 2 is 1.46 bits per heavy atom. The smallest absolute Gasteiger partial charge is 0.236 e. The Morgan fingerprint density at radius 1 is 0.917 bits per heavy atom. The van der Waals surface area contributed by atoms with Gasteiger partial charge in [-0.3, -0.25) is 4.79 Å². The Bertz CT molecular complexity index is 561. The molecule has 0 aromatic heterocycles. The number of amides is 1. The SMILES string of the molecule is NCCCCC(N)C(=O)NCC(c1ccccc1)c1ccccc1. The lowest BCUT2D eigenvalue weighted by Gasteiger charge is -2.20. The highest BCUT2D eigenvalue weighted by molar-refractivity contribution is 5.81. The predicted octanol–water partition coefficient (Wildman–Crippen LogP) is 2.39. The second kappa shape index (κ2) is 9.85. The first kappa shape index (κ1) is 18.2. The monoisotopic (exact) mass is 325 g/mol. The van der Waals surface area contributed by atoms with Crippen molar-refractivity contribution in [2.45, 2.75) is 31.2 Å². The lowest BCUT2D eigenvalue weighted by atomic mass is 9.91. The lowest BCUT2D eigenvalue weighted by molar-refractivity contribution is -0.122. The molecule has 0 aliphatic carbocycles. The van der Waals surface area contributed by atoms with Crippen LogP contribution in [0.15, 0.2) is 60.7 Å². The number of rotatable bonds is 9. The number of hydrogen-bond acceptors (Lipinski definition) is 3. The van der Waals surface area contributed by atoms with E-state index in [2.05, 4.69) is 29.6 Å². The van der Waals surface area contributed by atoms with Crippen LogP contribution < -0.4 is 16.8 Å². The molecule has 1 unspecified atom stereocenters. The first-order valence-corrected chi connectivity index (χ1v) is 8.55. The molecule has 2 aromatic carbocycles. The molecule has 0 aliphatic heterocycles. The fourth-order valence-electron chi connectivity index (χ4n) is 2.77. The van der Waals surface area contributed by atoms with Crippen LogP contribution >= 0.6 is 0 Å². The number of nitrogens with two attached hydrogens (primary N) is 2. The van der Waals surface area contributed by atoms with Crippen molar-refractivity contribution in [3.05, 3.63) is 71.8 Å². The average Bonchev–Trinajstić information content (AvgIpc) is 2.63. The summed E-state index contributed by atoms with van der Waals surface area (Å²) in [6.45, 7) is 1.18. The van der Waals surface area contributed by atoms with E-state index in [-0.39, 0.29) is 11.8 Å². The maximum absolute atomic E-state index is 12.2. The molecule has 0 fully saturated rings. The minimum Gasteiger partial charge on any atom is -0.354 e. The third-order valence-corrected chi connectivity index (χ3v) is 4.19. The van der Waals surface area contributed by atoms with Gasteiger partial charge in [0.15, 0.2) is 0 Å². The summed E-state index contributed by atoms with van der Waals surface area (Å²) in [4.78, 5) is 12.2. The molecule has 0 spiro atoms. The number of nitrogens with one attached hydrogen (secondary N) is 1. The third kappa shape index (κ3) is 5.48. The van der Waals surface area contributed by atoms with Gasteiger partial charge in [0.25, 0.3) is 0 Å². The average molecular weight is 325 g/mol. The van der Waals surface area contributed by atoms with E-state index in [0.717, 1.165) is 12.8 Å². The van der Waals surface area contributed by atoms with Crippen LogP contribution in [0.1, 0.15) is 36.3 Å². The zero-order valence-electron chi connectivity index (χ0n) is 14.0. The van der Waals surface area contributed by atoms with Gasteiger partial charge >= 0.3 is 0 Å². The van der Waals surface area contributed by atoms with Gasteiger partial charge in [0.2, 0.25) is 5.91 Å². The summed E-state index contributed by atoms with van der Waals surface area (Å²) in [6, 6.07) is 20.0. The second-order valence-corrected chi connectivity index (χ2v) is 6.01. The summed E-state index contributed by atoms with van der Waals surface area (Å²) in [5.41, 5.74) is 13.8. The molecule has 0 saturated heterocycles. The highest BCUT2D eigenvalue weighted by atomic mass is 16.2. The minimum atomic E-state index is -0.469. The quantitative estimate of drug-likeness (QED) is 0.619. The molecule has 0 bridgehead atoms. The van der Waals surface area contributed by atoms with Gasteiger partial charge in [0.1, 0.15) is 0 Å². The number of unbranched alkanes of at least 4 members (excludes halogenated alkanes) is 1. The molecule has 24 heavy (non-hydrogen) atoms. The van der Waals surface area contributed by atoms with Crippen molar-refractivity contribution in [3.8, 4) is 0 Å². The Morgan fingerprint density at radius 3 is 1.96 bits per heavy atom. The second-order valence-electron chi connectivity index (χ2n) is 6.01. The van der Waals surface area contributed by atoms with Crippen molar-refractivity contribution in [1.82, 2.24) is 5.32 Å². The largest absolute Gasteiger partial charge is 0.354 e. The zero-order valence-corrected chi connectivity index (χ0v) is 14.0. The molecule has 2 rings (SSSR count). The van der Waals surface area contributed by atoms with Crippen molar-refractivity contribution in [1.29, 1.82) is 0 Å². The fourth-order valence-corrected chi connectivity index (χ4v) is 2.77. The normalized spacial score (nSPS) is 12.1. The fraction of sp³-hybridized carbons (Fsp3) is 0.350. The summed E-state index contributed by atoms with van der Waals surface area (Å²) < 4.78 is 0. The van der Waals surface area contributed by atoms with E-state index in [0.29, 0.717) is 19.5 Å². The molecule has 2 aromatic rings. The molecule has 4 heteroatoms. The van der Waals surface area contributed by atoms with Crippen LogP contribution in [0.2, 0.25) is 0 Å². The van der Waals surface area contributed by atoms with Crippen molar-refractivity contribution < 1.29 is 4.79 Å². The summed E-state index contributed by atoms with van der Waals surface area (Å²) in [5, 5.41) is 3.01. The van der Waals surface area contributed by atoms with E-state index in [4.69, 9.17) is 11.5 Å². The third-order valence-electron chi connectivity index (χ3n) is 4.19. The molecule has 128 valence electrons. The van der Waals surface area contributed by atoms with Crippen LogP contribution in [0, 0.1) is 0 Å². The Hall–Kier alpha value is -2.17. The van der Waals surface area contributed by atoms with Crippen LogP contribution in [0.25, 0.3) is 0 Å².